The van der Waals surface area contributed by atoms with Crippen molar-refractivity contribution in [3.8, 4) is 11.3 Å². The van der Waals surface area contributed by atoms with Gasteiger partial charge in [-0.15, -0.1) is 11.3 Å². The number of benzene rings is 2. The monoisotopic (exact) mass is 344 g/mol. The van der Waals surface area contributed by atoms with Crippen LogP contribution in [0.25, 0.3) is 11.3 Å². The van der Waals surface area contributed by atoms with Gasteiger partial charge in [0.05, 0.1) is 5.69 Å². The van der Waals surface area contributed by atoms with Gasteiger partial charge in [-0.1, -0.05) is 12.1 Å². The Morgan fingerprint density at radius 1 is 1.04 bits per heavy atom. The lowest BCUT2D eigenvalue weighted by atomic mass is 10.1. The van der Waals surface area contributed by atoms with E-state index in [-0.39, 0.29) is 5.56 Å². The van der Waals surface area contributed by atoms with Crippen LogP contribution in [-0.2, 0) is 0 Å². The summed E-state index contributed by atoms with van der Waals surface area (Å²) in [5.41, 5.74) is 4.11. The summed E-state index contributed by atoms with van der Waals surface area (Å²) in [5, 5.41) is 4.84. The molecule has 1 heterocycles. The minimum Gasteiger partial charge on any atom is -0.298 e. The van der Waals surface area contributed by atoms with Crippen LogP contribution < -0.4 is 5.32 Å². The van der Waals surface area contributed by atoms with Gasteiger partial charge in [-0.25, -0.2) is 13.8 Å². The fourth-order valence-corrected chi connectivity index (χ4v) is 2.89. The molecule has 3 nitrogen and oxygen atoms in total. The number of hydrogen-bond acceptors (Lipinski definition) is 3. The van der Waals surface area contributed by atoms with Gasteiger partial charge in [0.1, 0.15) is 0 Å². The molecule has 0 unspecified atom stereocenters. The number of anilines is 1. The van der Waals surface area contributed by atoms with Gasteiger partial charge in [0.2, 0.25) is 0 Å². The largest absolute Gasteiger partial charge is 0.298 e. The Bertz CT molecular complexity index is 921. The van der Waals surface area contributed by atoms with Crippen LogP contribution in [0, 0.1) is 25.5 Å². The number of nitrogens with zero attached hydrogens (tertiary/aromatic N) is 1. The highest BCUT2D eigenvalue weighted by Gasteiger charge is 2.12. The molecule has 3 rings (SSSR count). The molecule has 0 atom stereocenters. The Kier molecular flexibility index (Phi) is 4.40. The maximum atomic E-state index is 13.2. The maximum absolute atomic E-state index is 13.2. The van der Waals surface area contributed by atoms with E-state index in [4.69, 9.17) is 0 Å². The van der Waals surface area contributed by atoms with E-state index in [2.05, 4.69) is 10.3 Å². The van der Waals surface area contributed by atoms with Gasteiger partial charge in [0, 0.05) is 16.5 Å². The maximum Gasteiger partial charge on any atom is 0.257 e. The summed E-state index contributed by atoms with van der Waals surface area (Å²) >= 11 is 1.27. The smallest absolute Gasteiger partial charge is 0.257 e. The fourth-order valence-electron chi connectivity index (χ4n) is 2.17. The second-order valence-electron chi connectivity index (χ2n) is 5.42. The summed E-state index contributed by atoms with van der Waals surface area (Å²) in [5.74, 6) is -2.58. The Labute approximate surface area is 142 Å². The van der Waals surface area contributed by atoms with Crippen molar-refractivity contribution in [3.05, 3.63) is 70.1 Å². The first-order valence-electron chi connectivity index (χ1n) is 7.23. The van der Waals surface area contributed by atoms with Gasteiger partial charge in [0.25, 0.3) is 5.91 Å². The molecule has 122 valence electrons. The van der Waals surface area contributed by atoms with E-state index in [0.29, 0.717) is 5.13 Å². The summed E-state index contributed by atoms with van der Waals surface area (Å²) in [7, 11) is 0. The molecular weight excluding hydrogens is 330 g/mol. The van der Waals surface area contributed by atoms with Crippen LogP contribution in [0.5, 0.6) is 0 Å². The lowest BCUT2D eigenvalue weighted by molar-refractivity contribution is 0.102. The first-order valence-corrected chi connectivity index (χ1v) is 8.11. The SMILES string of the molecule is Cc1ccc(-c2csc(NC(=O)c3ccc(F)c(F)c3)n2)cc1C. The molecule has 0 aliphatic heterocycles. The summed E-state index contributed by atoms with van der Waals surface area (Å²) in [4.78, 5) is 16.5. The number of amides is 1. The van der Waals surface area contributed by atoms with E-state index >= 15 is 0 Å². The Morgan fingerprint density at radius 2 is 1.83 bits per heavy atom. The molecule has 2 aromatic carbocycles. The second-order valence-corrected chi connectivity index (χ2v) is 6.28. The predicted molar refractivity (Wildman–Crippen MR) is 91.3 cm³/mol. The number of hydrogen-bond donors (Lipinski definition) is 1. The number of thiazole rings is 1. The van der Waals surface area contributed by atoms with Crippen LogP contribution >= 0.6 is 11.3 Å². The van der Waals surface area contributed by atoms with E-state index in [9.17, 15) is 13.6 Å². The standard InChI is InChI=1S/C18H14F2N2OS/c1-10-3-4-12(7-11(10)2)16-9-24-18(21-16)22-17(23)13-5-6-14(19)15(20)8-13/h3-9H,1-2H3,(H,21,22,23). The Balaban J connectivity index is 1.79. The molecule has 1 aromatic heterocycles. The van der Waals surface area contributed by atoms with Crippen LogP contribution in [0.4, 0.5) is 13.9 Å². The summed E-state index contributed by atoms with van der Waals surface area (Å²) in [6.07, 6.45) is 0. The third-order valence-electron chi connectivity index (χ3n) is 3.71. The molecule has 0 aliphatic carbocycles. The summed E-state index contributed by atoms with van der Waals surface area (Å²) in [6, 6.07) is 9.04. The third kappa shape index (κ3) is 3.33. The Hall–Kier alpha value is -2.60. The van der Waals surface area contributed by atoms with E-state index in [1.54, 1.807) is 0 Å². The van der Waals surface area contributed by atoms with Crippen molar-refractivity contribution in [3.63, 3.8) is 0 Å². The molecule has 24 heavy (non-hydrogen) atoms. The molecule has 1 amide bonds. The normalized spacial score (nSPS) is 10.7. The second kappa shape index (κ2) is 6.49. The molecule has 1 N–H and O–H groups in total. The van der Waals surface area contributed by atoms with Gasteiger partial charge < -0.3 is 0 Å². The molecule has 3 aromatic rings. The molecule has 0 radical (unpaired) electrons. The summed E-state index contributed by atoms with van der Waals surface area (Å²) in [6.45, 7) is 4.06. The average Bonchev–Trinajstić information content (AvgIpc) is 3.01. The first kappa shape index (κ1) is 16.3. The van der Waals surface area contributed by atoms with Crippen LogP contribution in [0.3, 0.4) is 0 Å². The van der Waals surface area contributed by atoms with Crippen molar-refractivity contribution in [2.45, 2.75) is 13.8 Å². The number of aryl methyl sites for hydroxylation is 2. The molecular formula is C18H14F2N2OS. The molecule has 6 heteroatoms. The lowest BCUT2D eigenvalue weighted by Gasteiger charge is -2.03. The van der Waals surface area contributed by atoms with Gasteiger partial charge in [-0.2, -0.15) is 0 Å². The zero-order valence-corrected chi connectivity index (χ0v) is 13.9. The quantitative estimate of drug-likeness (QED) is 0.730. The number of rotatable bonds is 3. The molecule has 0 fully saturated rings. The highest BCUT2D eigenvalue weighted by molar-refractivity contribution is 7.14. The third-order valence-corrected chi connectivity index (χ3v) is 4.47. The van der Waals surface area contributed by atoms with E-state index < -0.39 is 17.5 Å². The topological polar surface area (TPSA) is 42.0 Å². The van der Waals surface area contributed by atoms with Gasteiger partial charge in [0.15, 0.2) is 16.8 Å². The lowest BCUT2D eigenvalue weighted by Crippen LogP contribution is -2.12. The van der Waals surface area contributed by atoms with Gasteiger partial charge in [-0.3, -0.25) is 10.1 Å². The van der Waals surface area contributed by atoms with Gasteiger partial charge in [-0.05, 0) is 49.2 Å². The minimum atomic E-state index is -1.06. The van der Waals surface area contributed by atoms with Crippen molar-refractivity contribution >= 4 is 22.4 Å². The number of carbonyl (C=O) groups excluding carboxylic acids is 1. The highest BCUT2D eigenvalue weighted by atomic mass is 32.1. The minimum absolute atomic E-state index is 0.0387. The Morgan fingerprint density at radius 3 is 2.54 bits per heavy atom. The molecule has 0 aliphatic rings. The average molecular weight is 344 g/mol. The van der Waals surface area contributed by atoms with Crippen molar-refractivity contribution in [1.82, 2.24) is 4.98 Å². The van der Waals surface area contributed by atoms with E-state index in [1.807, 2.05) is 37.4 Å². The molecule has 0 saturated carbocycles. The van der Waals surface area contributed by atoms with Crippen molar-refractivity contribution in [1.29, 1.82) is 0 Å². The van der Waals surface area contributed by atoms with E-state index in [0.717, 1.165) is 29.0 Å². The van der Waals surface area contributed by atoms with Gasteiger partial charge >= 0.3 is 0 Å². The highest BCUT2D eigenvalue weighted by Crippen LogP contribution is 2.26. The first-order chi connectivity index (χ1) is 11.4. The van der Waals surface area contributed by atoms with E-state index in [1.165, 1.54) is 23.0 Å². The molecule has 0 bridgehead atoms. The number of aromatic nitrogens is 1. The number of carbonyl (C=O) groups is 1. The van der Waals surface area contributed by atoms with Crippen LogP contribution in [-0.4, -0.2) is 10.9 Å². The number of nitrogens with one attached hydrogen (secondary N) is 1. The zero-order valence-electron chi connectivity index (χ0n) is 13.1. The van der Waals surface area contributed by atoms with Crippen molar-refractivity contribution < 1.29 is 13.6 Å². The van der Waals surface area contributed by atoms with Crippen LogP contribution in [0.1, 0.15) is 21.5 Å². The van der Waals surface area contributed by atoms with Crippen LogP contribution in [0.15, 0.2) is 41.8 Å². The fraction of sp³-hybridized carbons (Fsp3) is 0.111. The zero-order chi connectivity index (χ0) is 17.3. The summed E-state index contributed by atoms with van der Waals surface area (Å²) < 4.78 is 26.1. The number of halogens is 2. The molecule has 0 spiro atoms. The van der Waals surface area contributed by atoms with Crippen molar-refractivity contribution in [2.24, 2.45) is 0 Å². The molecule has 0 saturated heterocycles. The predicted octanol–water partition coefficient (Wildman–Crippen LogP) is 4.96. The van der Waals surface area contributed by atoms with Crippen LogP contribution in [0.2, 0.25) is 0 Å². The van der Waals surface area contributed by atoms with Crippen molar-refractivity contribution in [2.75, 3.05) is 5.32 Å².